The number of aliphatic imine (C=N–C) groups is 1. The molecule has 28 heavy (non-hydrogen) atoms. The molecule has 0 atom stereocenters. The van der Waals surface area contributed by atoms with E-state index in [9.17, 15) is 18.0 Å². The van der Waals surface area contributed by atoms with E-state index >= 15 is 0 Å². The maximum Gasteiger partial charge on any atom is 0.416 e. The molecule has 2 aromatic rings. The van der Waals surface area contributed by atoms with Gasteiger partial charge in [-0.2, -0.15) is 13.2 Å². The van der Waals surface area contributed by atoms with E-state index in [1.54, 1.807) is 0 Å². The molecule has 0 unspecified atom stereocenters. The molecule has 0 amide bonds. The molecule has 0 aliphatic carbocycles. The van der Waals surface area contributed by atoms with Crippen LogP contribution in [0.2, 0.25) is 0 Å². The van der Waals surface area contributed by atoms with Crippen molar-refractivity contribution in [2.45, 2.75) is 44.9 Å². The second-order valence-corrected chi connectivity index (χ2v) is 7.28. The monoisotopic (exact) mass is 390 g/mol. The van der Waals surface area contributed by atoms with Crippen molar-refractivity contribution in [2.24, 2.45) is 4.99 Å². The number of aromatic nitrogens is 2. The van der Waals surface area contributed by atoms with E-state index in [4.69, 9.17) is 0 Å². The average molecular weight is 390 g/mol. The van der Waals surface area contributed by atoms with Crippen LogP contribution in [0.4, 0.5) is 13.2 Å². The lowest BCUT2D eigenvalue weighted by Gasteiger charge is -2.28. The molecule has 1 N–H and O–H groups in total. The number of rotatable bonds is 3. The molecule has 1 aromatic carbocycles. The van der Waals surface area contributed by atoms with Gasteiger partial charge in [0.1, 0.15) is 0 Å². The Labute approximate surface area is 160 Å². The van der Waals surface area contributed by atoms with Gasteiger partial charge in [0.05, 0.1) is 22.5 Å². The van der Waals surface area contributed by atoms with E-state index in [-0.39, 0.29) is 5.56 Å². The first-order valence-electron chi connectivity index (χ1n) is 9.44. The van der Waals surface area contributed by atoms with Gasteiger partial charge in [0.25, 0.3) is 5.56 Å². The van der Waals surface area contributed by atoms with Gasteiger partial charge in [-0.1, -0.05) is 12.1 Å². The Morgan fingerprint density at radius 2 is 1.89 bits per heavy atom. The van der Waals surface area contributed by atoms with Gasteiger partial charge in [0.15, 0.2) is 5.82 Å². The summed E-state index contributed by atoms with van der Waals surface area (Å²) < 4.78 is 38.1. The molecule has 2 aliphatic heterocycles. The van der Waals surface area contributed by atoms with Gasteiger partial charge in [0.2, 0.25) is 0 Å². The van der Waals surface area contributed by atoms with Crippen LogP contribution in [0.5, 0.6) is 0 Å². The first-order chi connectivity index (χ1) is 13.4. The van der Waals surface area contributed by atoms with Crippen molar-refractivity contribution in [1.82, 2.24) is 14.9 Å². The van der Waals surface area contributed by atoms with Crippen molar-refractivity contribution in [1.29, 1.82) is 0 Å². The summed E-state index contributed by atoms with van der Waals surface area (Å²) in [5, 5.41) is 0. The molecule has 0 fully saturated rings. The number of alkyl halides is 3. The fourth-order valence-corrected chi connectivity index (χ4v) is 3.70. The lowest BCUT2D eigenvalue weighted by atomic mass is 10.0. The minimum atomic E-state index is -4.33. The standard InChI is InChI=1S/C20H21F3N4O/c21-20(22,23)14-6-4-13(5-7-14)11-27-10-8-16-15(12-27)19(28)26-18(25-16)17-3-1-2-9-24-17/h4-7H,1-3,8-12H2,(H,25,26,28). The van der Waals surface area contributed by atoms with Crippen LogP contribution >= 0.6 is 0 Å². The van der Waals surface area contributed by atoms with Crippen LogP contribution in [0.25, 0.3) is 0 Å². The highest BCUT2D eigenvalue weighted by Crippen LogP contribution is 2.29. The highest BCUT2D eigenvalue weighted by molar-refractivity contribution is 5.97. The highest BCUT2D eigenvalue weighted by Gasteiger charge is 2.30. The van der Waals surface area contributed by atoms with Gasteiger partial charge in [-0.3, -0.25) is 14.7 Å². The van der Waals surface area contributed by atoms with Crippen LogP contribution in [-0.2, 0) is 25.7 Å². The van der Waals surface area contributed by atoms with Crippen LogP contribution in [0.3, 0.4) is 0 Å². The Morgan fingerprint density at radius 1 is 1.11 bits per heavy atom. The molecule has 5 nitrogen and oxygen atoms in total. The summed E-state index contributed by atoms with van der Waals surface area (Å²) in [6.45, 7) is 2.41. The number of nitrogens with one attached hydrogen (secondary N) is 1. The van der Waals surface area contributed by atoms with Crippen LogP contribution in [0.1, 0.15) is 47.5 Å². The molecule has 0 saturated heterocycles. The summed E-state index contributed by atoms with van der Waals surface area (Å²) in [6.07, 6.45) is -0.734. The number of halogens is 3. The SMILES string of the molecule is O=c1[nH]c(C2=NCCCC2)nc2c1CN(Cc1ccc(C(F)(F)F)cc1)CC2. The van der Waals surface area contributed by atoms with Gasteiger partial charge in [0, 0.05) is 32.6 Å². The predicted molar refractivity (Wildman–Crippen MR) is 99.4 cm³/mol. The summed E-state index contributed by atoms with van der Waals surface area (Å²) in [7, 11) is 0. The fourth-order valence-electron chi connectivity index (χ4n) is 3.70. The third-order valence-electron chi connectivity index (χ3n) is 5.23. The maximum atomic E-state index is 12.7. The minimum Gasteiger partial charge on any atom is -0.305 e. The van der Waals surface area contributed by atoms with Crippen LogP contribution < -0.4 is 5.56 Å². The minimum absolute atomic E-state index is 0.148. The lowest BCUT2D eigenvalue weighted by molar-refractivity contribution is -0.137. The number of aromatic amines is 1. The number of hydrogen-bond acceptors (Lipinski definition) is 4. The zero-order valence-corrected chi connectivity index (χ0v) is 15.4. The van der Waals surface area contributed by atoms with Crippen LogP contribution in [0.15, 0.2) is 34.1 Å². The van der Waals surface area contributed by atoms with Gasteiger partial charge in [-0.15, -0.1) is 0 Å². The number of nitrogens with zero attached hydrogens (tertiary/aromatic N) is 3. The van der Waals surface area contributed by atoms with Crippen molar-refractivity contribution >= 4 is 5.71 Å². The van der Waals surface area contributed by atoms with Crippen molar-refractivity contribution in [3.05, 3.63) is 62.8 Å². The second kappa shape index (κ2) is 7.50. The van der Waals surface area contributed by atoms with Crippen molar-refractivity contribution in [2.75, 3.05) is 13.1 Å². The third kappa shape index (κ3) is 4.01. The van der Waals surface area contributed by atoms with E-state index in [0.717, 1.165) is 54.9 Å². The third-order valence-corrected chi connectivity index (χ3v) is 5.23. The van der Waals surface area contributed by atoms with Gasteiger partial charge in [-0.25, -0.2) is 4.98 Å². The highest BCUT2D eigenvalue weighted by atomic mass is 19.4. The van der Waals surface area contributed by atoms with E-state index in [0.29, 0.717) is 37.4 Å². The number of benzene rings is 1. The Balaban J connectivity index is 1.49. The molecule has 0 radical (unpaired) electrons. The molecule has 0 saturated carbocycles. The van der Waals surface area contributed by atoms with E-state index in [1.165, 1.54) is 12.1 Å². The first kappa shape index (κ1) is 18.9. The first-order valence-corrected chi connectivity index (χ1v) is 9.44. The summed E-state index contributed by atoms with van der Waals surface area (Å²) in [5.41, 5.74) is 2.30. The van der Waals surface area contributed by atoms with Crippen molar-refractivity contribution in [3.8, 4) is 0 Å². The normalized spacial score (nSPS) is 17.9. The topological polar surface area (TPSA) is 61.4 Å². The van der Waals surface area contributed by atoms with E-state index < -0.39 is 11.7 Å². The average Bonchev–Trinajstić information content (AvgIpc) is 2.69. The molecule has 0 bridgehead atoms. The molecule has 8 heteroatoms. The summed E-state index contributed by atoms with van der Waals surface area (Å²) >= 11 is 0. The lowest BCUT2D eigenvalue weighted by Crippen LogP contribution is -2.36. The summed E-state index contributed by atoms with van der Waals surface area (Å²) in [4.78, 5) is 26.6. The Morgan fingerprint density at radius 3 is 2.57 bits per heavy atom. The van der Waals surface area contributed by atoms with Crippen LogP contribution in [0, 0.1) is 0 Å². The number of hydrogen-bond donors (Lipinski definition) is 1. The maximum absolute atomic E-state index is 12.7. The molecular weight excluding hydrogens is 369 g/mol. The summed E-state index contributed by atoms with van der Waals surface area (Å²) in [5.74, 6) is 0.583. The van der Waals surface area contributed by atoms with Crippen molar-refractivity contribution < 1.29 is 13.2 Å². The van der Waals surface area contributed by atoms with Crippen LogP contribution in [-0.4, -0.2) is 33.7 Å². The molecule has 1 aromatic heterocycles. The van der Waals surface area contributed by atoms with Gasteiger partial charge < -0.3 is 4.98 Å². The summed E-state index contributed by atoms with van der Waals surface area (Å²) in [6, 6.07) is 5.17. The Kier molecular flexibility index (Phi) is 5.05. The predicted octanol–water partition coefficient (Wildman–Crippen LogP) is 3.32. The van der Waals surface area contributed by atoms with E-state index in [2.05, 4.69) is 19.9 Å². The number of H-pyrrole nitrogens is 1. The Hall–Kier alpha value is -2.48. The van der Waals surface area contributed by atoms with Gasteiger partial charge >= 0.3 is 6.18 Å². The zero-order chi connectivity index (χ0) is 19.7. The number of fused-ring (bicyclic) bond motifs is 1. The fraction of sp³-hybridized carbons (Fsp3) is 0.450. The quantitative estimate of drug-likeness (QED) is 0.875. The zero-order valence-electron chi connectivity index (χ0n) is 15.4. The molecule has 2 aliphatic rings. The van der Waals surface area contributed by atoms with Crippen molar-refractivity contribution in [3.63, 3.8) is 0 Å². The largest absolute Gasteiger partial charge is 0.416 e. The molecule has 0 spiro atoms. The molecule has 4 rings (SSSR count). The van der Waals surface area contributed by atoms with Gasteiger partial charge in [-0.05, 0) is 37.0 Å². The molecule has 148 valence electrons. The molecular formula is C20H21F3N4O. The van der Waals surface area contributed by atoms with E-state index in [1.807, 2.05) is 0 Å². The second-order valence-electron chi connectivity index (χ2n) is 7.28. The smallest absolute Gasteiger partial charge is 0.305 e. The Bertz CT molecular complexity index is 947. The molecule has 3 heterocycles.